The molecule has 2 aliphatic rings. The Kier molecular flexibility index (Phi) is 5.79. The predicted octanol–water partition coefficient (Wildman–Crippen LogP) is 2.61. The molecule has 0 saturated carbocycles. The van der Waals surface area contributed by atoms with Crippen LogP contribution in [0.4, 0.5) is 5.69 Å². The first-order valence-corrected chi connectivity index (χ1v) is 9.56. The van der Waals surface area contributed by atoms with Gasteiger partial charge in [0.25, 0.3) is 11.6 Å². The van der Waals surface area contributed by atoms with Gasteiger partial charge in [0.15, 0.2) is 11.5 Å². The van der Waals surface area contributed by atoms with Gasteiger partial charge in [0, 0.05) is 31.1 Å². The molecule has 1 fully saturated rings. The number of non-ortho nitro benzene ring substituents is 1. The summed E-state index contributed by atoms with van der Waals surface area (Å²) in [6.07, 6.45) is 2.25. The highest BCUT2D eigenvalue weighted by Crippen LogP contribution is 2.39. The standard InChI is InChI=1S/C20H25N3O5/c1-13(2)18(24)16-17(14-5-7-15(8-6-14)23(27)28)22(20(26)19(16)25)12-11-21-9-3-4-10-21/h5-8,13,17,25H,3-4,9-12H2,1-2H3. The number of rotatable bonds is 7. The van der Waals surface area contributed by atoms with E-state index >= 15 is 0 Å². The van der Waals surface area contributed by atoms with E-state index in [-0.39, 0.29) is 23.0 Å². The van der Waals surface area contributed by atoms with Crippen LogP contribution >= 0.6 is 0 Å². The zero-order valence-electron chi connectivity index (χ0n) is 16.1. The first kappa shape index (κ1) is 20.0. The smallest absolute Gasteiger partial charge is 0.290 e. The van der Waals surface area contributed by atoms with Crippen LogP contribution in [-0.4, -0.2) is 57.7 Å². The third-order valence-electron chi connectivity index (χ3n) is 5.37. The van der Waals surface area contributed by atoms with Crippen LogP contribution in [-0.2, 0) is 9.59 Å². The van der Waals surface area contributed by atoms with Crippen LogP contribution in [0.15, 0.2) is 35.6 Å². The van der Waals surface area contributed by atoms with E-state index in [0.29, 0.717) is 18.7 Å². The normalized spacial score (nSPS) is 20.5. The molecule has 8 heteroatoms. The van der Waals surface area contributed by atoms with E-state index in [1.54, 1.807) is 26.0 Å². The molecule has 1 atom stereocenters. The van der Waals surface area contributed by atoms with E-state index in [2.05, 4.69) is 4.90 Å². The maximum absolute atomic E-state index is 12.8. The van der Waals surface area contributed by atoms with E-state index < -0.39 is 22.6 Å². The summed E-state index contributed by atoms with van der Waals surface area (Å²) < 4.78 is 0. The van der Waals surface area contributed by atoms with Crippen LogP contribution < -0.4 is 0 Å². The predicted molar refractivity (Wildman–Crippen MR) is 103 cm³/mol. The number of benzene rings is 1. The maximum Gasteiger partial charge on any atom is 0.290 e. The largest absolute Gasteiger partial charge is 0.503 e. The molecule has 0 aliphatic carbocycles. The summed E-state index contributed by atoms with van der Waals surface area (Å²) in [6.45, 7) is 6.41. The van der Waals surface area contributed by atoms with E-state index in [9.17, 15) is 24.8 Å². The Hall–Kier alpha value is -2.74. The monoisotopic (exact) mass is 387 g/mol. The number of hydrogen-bond acceptors (Lipinski definition) is 6. The molecule has 0 radical (unpaired) electrons. The summed E-state index contributed by atoms with van der Waals surface area (Å²) in [5, 5.41) is 21.4. The molecule has 1 amide bonds. The van der Waals surface area contributed by atoms with Crippen LogP contribution in [0.5, 0.6) is 0 Å². The molecule has 8 nitrogen and oxygen atoms in total. The minimum atomic E-state index is -0.731. The highest BCUT2D eigenvalue weighted by atomic mass is 16.6. The molecule has 2 heterocycles. The van der Waals surface area contributed by atoms with Crippen molar-refractivity contribution >= 4 is 17.4 Å². The third-order valence-corrected chi connectivity index (χ3v) is 5.37. The van der Waals surface area contributed by atoms with Gasteiger partial charge in [-0.05, 0) is 43.6 Å². The molecule has 0 aromatic heterocycles. The van der Waals surface area contributed by atoms with Crippen molar-refractivity contribution in [2.75, 3.05) is 26.2 Å². The second kappa shape index (κ2) is 8.10. The van der Waals surface area contributed by atoms with E-state index in [4.69, 9.17) is 0 Å². The molecule has 3 rings (SSSR count). The Morgan fingerprint density at radius 2 is 1.82 bits per heavy atom. The van der Waals surface area contributed by atoms with Gasteiger partial charge in [-0.15, -0.1) is 0 Å². The van der Waals surface area contributed by atoms with Crippen molar-refractivity contribution in [3.05, 3.63) is 51.3 Å². The van der Waals surface area contributed by atoms with Crippen molar-refractivity contribution in [2.45, 2.75) is 32.7 Å². The zero-order valence-corrected chi connectivity index (χ0v) is 16.1. The minimum absolute atomic E-state index is 0.0679. The summed E-state index contributed by atoms with van der Waals surface area (Å²) in [7, 11) is 0. The lowest BCUT2D eigenvalue weighted by Gasteiger charge is -2.29. The first-order valence-electron chi connectivity index (χ1n) is 9.56. The molecule has 1 aromatic rings. The highest BCUT2D eigenvalue weighted by molar-refractivity contribution is 6.09. The Balaban J connectivity index is 1.94. The van der Waals surface area contributed by atoms with Crippen molar-refractivity contribution in [1.29, 1.82) is 0 Å². The van der Waals surface area contributed by atoms with Crippen molar-refractivity contribution in [1.82, 2.24) is 9.80 Å². The lowest BCUT2D eigenvalue weighted by Crippen LogP contribution is -2.38. The van der Waals surface area contributed by atoms with Gasteiger partial charge in [-0.25, -0.2) is 0 Å². The van der Waals surface area contributed by atoms with Gasteiger partial charge in [0.2, 0.25) is 0 Å². The number of likely N-dealkylation sites (tertiary alicyclic amines) is 1. The number of nitro benzene ring substituents is 1. The average Bonchev–Trinajstić information content (AvgIpc) is 3.27. The summed E-state index contributed by atoms with van der Waals surface area (Å²) in [5.41, 5.74) is 0.588. The topological polar surface area (TPSA) is 104 Å². The van der Waals surface area contributed by atoms with Crippen molar-refractivity contribution < 1.29 is 19.6 Å². The average molecular weight is 387 g/mol. The Morgan fingerprint density at radius 3 is 2.36 bits per heavy atom. The molecule has 1 N–H and O–H groups in total. The van der Waals surface area contributed by atoms with Crippen molar-refractivity contribution in [2.24, 2.45) is 5.92 Å². The summed E-state index contributed by atoms with van der Waals surface area (Å²) in [6, 6.07) is 5.07. The van der Waals surface area contributed by atoms with Crippen molar-refractivity contribution in [3.8, 4) is 0 Å². The summed E-state index contributed by atoms with van der Waals surface area (Å²) >= 11 is 0. The number of Topliss-reactive ketones (excluding diaryl/α,β-unsaturated/α-hetero) is 1. The SMILES string of the molecule is CC(C)C(=O)C1=C(O)C(=O)N(CCN2CCCC2)C1c1ccc([N+](=O)[O-])cc1. The molecule has 1 unspecified atom stereocenters. The second-order valence-corrected chi connectivity index (χ2v) is 7.58. The van der Waals surface area contributed by atoms with Gasteiger partial charge in [0.1, 0.15) is 0 Å². The van der Waals surface area contributed by atoms with Crippen LogP contribution in [0.25, 0.3) is 0 Å². The zero-order chi connectivity index (χ0) is 20.4. The molecule has 0 spiro atoms. The number of aliphatic hydroxyl groups excluding tert-OH is 1. The number of aliphatic hydroxyl groups is 1. The summed E-state index contributed by atoms with van der Waals surface area (Å²) in [5.74, 6) is -1.75. The quantitative estimate of drug-likeness (QED) is 0.570. The molecular weight excluding hydrogens is 362 g/mol. The lowest BCUT2D eigenvalue weighted by molar-refractivity contribution is -0.384. The molecule has 28 heavy (non-hydrogen) atoms. The number of amides is 1. The molecule has 1 saturated heterocycles. The van der Waals surface area contributed by atoms with Gasteiger partial charge in [-0.3, -0.25) is 19.7 Å². The van der Waals surface area contributed by atoms with Gasteiger partial charge < -0.3 is 14.9 Å². The Labute approximate surface area is 163 Å². The van der Waals surface area contributed by atoms with Gasteiger partial charge in [-0.1, -0.05) is 13.8 Å². The third kappa shape index (κ3) is 3.77. The van der Waals surface area contributed by atoms with E-state index in [1.807, 2.05) is 0 Å². The first-order chi connectivity index (χ1) is 13.3. The number of hydrogen-bond donors (Lipinski definition) is 1. The molecule has 2 aliphatic heterocycles. The van der Waals surface area contributed by atoms with E-state index in [0.717, 1.165) is 25.9 Å². The van der Waals surface area contributed by atoms with E-state index in [1.165, 1.54) is 17.0 Å². The number of nitrogens with zero attached hydrogens (tertiary/aromatic N) is 3. The van der Waals surface area contributed by atoms with Crippen molar-refractivity contribution in [3.63, 3.8) is 0 Å². The number of carbonyl (C=O) groups excluding carboxylic acids is 2. The molecule has 1 aromatic carbocycles. The molecule has 150 valence electrons. The fraction of sp³-hybridized carbons (Fsp3) is 0.500. The second-order valence-electron chi connectivity index (χ2n) is 7.58. The van der Waals surface area contributed by atoms with Crippen LogP contribution in [0.3, 0.4) is 0 Å². The number of nitro groups is 1. The fourth-order valence-electron chi connectivity index (χ4n) is 3.83. The van der Waals surface area contributed by atoms with Crippen LogP contribution in [0.1, 0.15) is 38.3 Å². The Morgan fingerprint density at radius 1 is 1.21 bits per heavy atom. The maximum atomic E-state index is 12.8. The fourth-order valence-corrected chi connectivity index (χ4v) is 3.83. The minimum Gasteiger partial charge on any atom is -0.503 e. The Bertz CT molecular complexity index is 810. The molecular formula is C20H25N3O5. The van der Waals surface area contributed by atoms with Gasteiger partial charge in [-0.2, -0.15) is 0 Å². The van der Waals surface area contributed by atoms with Crippen LogP contribution in [0, 0.1) is 16.0 Å². The number of ketones is 1. The van der Waals surface area contributed by atoms with Crippen LogP contribution in [0.2, 0.25) is 0 Å². The lowest BCUT2D eigenvalue weighted by atomic mass is 9.91. The highest BCUT2D eigenvalue weighted by Gasteiger charge is 2.43. The van der Waals surface area contributed by atoms with Gasteiger partial charge >= 0.3 is 0 Å². The molecule has 0 bridgehead atoms. The summed E-state index contributed by atoms with van der Waals surface area (Å²) in [4.78, 5) is 39.7. The number of carbonyl (C=O) groups is 2. The van der Waals surface area contributed by atoms with Gasteiger partial charge in [0.05, 0.1) is 16.5 Å².